The largest absolute Gasteiger partial charge is 0.459 e. The maximum absolute atomic E-state index is 12.3. The molecule has 0 aliphatic heterocycles. The number of hydrogen-bond acceptors (Lipinski definition) is 4. The van der Waals surface area contributed by atoms with Crippen LogP contribution in [-0.4, -0.2) is 27.1 Å². The summed E-state index contributed by atoms with van der Waals surface area (Å²) in [5.41, 5.74) is 2.57. The molecule has 4 rings (SSSR count). The van der Waals surface area contributed by atoms with Crippen molar-refractivity contribution in [1.29, 1.82) is 0 Å². The number of Topliss-reactive ketones (excluding diaryl/α,β-unsaturated/α-hetero) is 1. The summed E-state index contributed by atoms with van der Waals surface area (Å²) in [5.74, 6) is -0.529. The Morgan fingerprint density at radius 3 is 2.30 bits per heavy atom. The molecule has 0 spiro atoms. The second-order valence-electron chi connectivity index (χ2n) is 8.44. The van der Waals surface area contributed by atoms with Crippen molar-refractivity contribution >= 4 is 33.4 Å². The highest BCUT2D eigenvalue weighted by atomic mass is 16.6. The monoisotopic (exact) mass is 400 g/mol. The van der Waals surface area contributed by atoms with Gasteiger partial charge in [-0.05, 0) is 60.9 Å². The van der Waals surface area contributed by atoms with Gasteiger partial charge >= 0.3 is 5.97 Å². The van der Waals surface area contributed by atoms with Crippen LogP contribution in [0, 0.1) is 0 Å². The van der Waals surface area contributed by atoms with Gasteiger partial charge in [0.15, 0.2) is 5.78 Å². The van der Waals surface area contributed by atoms with Crippen molar-refractivity contribution in [2.24, 2.45) is 0 Å². The van der Waals surface area contributed by atoms with Crippen LogP contribution in [0.1, 0.15) is 38.2 Å². The third-order valence-corrected chi connectivity index (χ3v) is 4.87. The number of hydrogen-bond donors (Lipinski definition) is 0. The Morgan fingerprint density at radius 2 is 1.60 bits per heavy atom. The van der Waals surface area contributed by atoms with E-state index in [1.165, 1.54) is 12.3 Å². The summed E-state index contributed by atoms with van der Waals surface area (Å²) in [6, 6.07) is 20.4. The van der Waals surface area contributed by atoms with Gasteiger partial charge in [-0.15, -0.1) is 0 Å². The van der Waals surface area contributed by atoms with Gasteiger partial charge in [0, 0.05) is 12.3 Å². The number of rotatable bonds is 4. The average molecular weight is 400 g/mol. The molecule has 0 saturated heterocycles. The summed E-state index contributed by atoms with van der Waals surface area (Å²) in [6.45, 7) is 6.91. The minimum absolute atomic E-state index is 0.0453. The number of nitrogens with zero attached hydrogens (tertiary/aromatic N) is 2. The minimum atomic E-state index is -0.577. The zero-order chi connectivity index (χ0) is 21.5. The quantitative estimate of drug-likeness (QED) is 0.340. The highest BCUT2D eigenvalue weighted by molar-refractivity contribution is 6.06. The number of carbonyl (C=O) groups excluding carboxylic acids is 2. The Morgan fingerprint density at radius 1 is 0.933 bits per heavy atom. The lowest BCUT2D eigenvalue weighted by Crippen LogP contribution is -2.26. The second-order valence-corrected chi connectivity index (χ2v) is 8.44. The molecule has 0 saturated carbocycles. The molecule has 0 amide bonds. The first kappa shape index (κ1) is 19.8. The molecule has 152 valence electrons. The minimum Gasteiger partial charge on any atom is -0.459 e. The first-order valence-corrected chi connectivity index (χ1v) is 9.94. The van der Waals surface area contributed by atoms with E-state index in [4.69, 9.17) is 4.74 Å². The van der Waals surface area contributed by atoms with Crippen LogP contribution in [0.25, 0.3) is 32.8 Å². The topological polar surface area (TPSA) is 61.2 Å². The number of esters is 1. The number of benzene rings is 3. The number of fused-ring (bicyclic) bond motifs is 2. The molecule has 1 aromatic heterocycles. The maximum atomic E-state index is 12.3. The molecule has 0 aliphatic rings. The number of carbonyl (C=O) groups is 2. The van der Waals surface area contributed by atoms with E-state index in [9.17, 15) is 9.59 Å². The first-order chi connectivity index (χ1) is 14.2. The molecule has 1 heterocycles. The van der Waals surface area contributed by atoms with E-state index >= 15 is 0 Å². The van der Waals surface area contributed by atoms with Crippen molar-refractivity contribution in [3.05, 3.63) is 66.4 Å². The molecule has 0 fully saturated rings. The standard InChI is InChI=1S/C25H24N2O3/c1-16(28)24-21-14-20(19-10-9-17-7-5-6-8-18(17)13-19)11-12-22(21)27(26-24)15-23(29)30-25(2,3)4/h5-14H,15H2,1-4H3. The van der Waals surface area contributed by atoms with Crippen molar-refractivity contribution in [3.63, 3.8) is 0 Å². The molecular weight excluding hydrogens is 376 g/mol. The summed E-state index contributed by atoms with van der Waals surface area (Å²) in [5, 5.41) is 7.48. The molecule has 0 N–H and O–H groups in total. The van der Waals surface area contributed by atoms with E-state index in [1.54, 1.807) is 4.68 Å². The Hall–Kier alpha value is -3.47. The molecule has 5 heteroatoms. The van der Waals surface area contributed by atoms with Crippen molar-refractivity contribution in [3.8, 4) is 11.1 Å². The Balaban J connectivity index is 1.77. The number of aromatic nitrogens is 2. The molecule has 4 aromatic rings. The van der Waals surface area contributed by atoms with Gasteiger partial charge in [0.25, 0.3) is 0 Å². The Labute approximate surface area is 175 Å². The highest BCUT2D eigenvalue weighted by Crippen LogP contribution is 2.29. The predicted octanol–water partition coefficient (Wildman–Crippen LogP) is 5.40. The van der Waals surface area contributed by atoms with Gasteiger partial charge in [-0.2, -0.15) is 5.10 Å². The fourth-order valence-electron chi connectivity index (χ4n) is 3.60. The zero-order valence-electron chi connectivity index (χ0n) is 17.6. The van der Waals surface area contributed by atoms with Crippen molar-refractivity contribution in [1.82, 2.24) is 9.78 Å². The lowest BCUT2D eigenvalue weighted by Gasteiger charge is -2.19. The molecule has 0 atom stereocenters. The van der Waals surface area contributed by atoms with E-state index in [-0.39, 0.29) is 18.3 Å². The van der Waals surface area contributed by atoms with E-state index in [0.29, 0.717) is 5.69 Å². The van der Waals surface area contributed by atoms with E-state index < -0.39 is 5.60 Å². The lowest BCUT2D eigenvalue weighted by atomic mass is 9.99. The fraction of sp³-hybridized carbons (Fsp3) is 0.240. The maximum Gasteiger partial charge on any atom is 0.328 e. The first-order valence-electron chi connectivity index (χ1n) is 9.94. The van der Waals surface area contributed by atoms with Crippen LogP contribution in [0.2, 0.25) is 0 Å². The molecule has 0 aliphatic carbocycles. The summed E-state index contributed by atoms with van der Waals surface area (Å²) in [4.78, 5) is 24.5. The van der Waals surface area contributed by atoms with Gasteiger partial charge in [-0.25, -0.2) is 0 Å². The molecule has 0 unspecified atom stereocenters. The average Bonchev–Trinajstić information content (AvgIpc) is 3.04. The Bertz CT molecular complexity index is 1280. The molecule has 30 heavy (non-hydrogen) atoms. The molecular formula is C25H24N2O3. The van der Waals surface area contributed by atoms with Crippen LogP contribution < -0.4 is 0 Å². The summed E-state index contributed by atoms with van der Waals surface area (Å²) >= 11 is 0. The molecule has 5 nitrogen and oxygen atoms in total. The molecule has 0 radical (unpaired) electrons. The summed E-state index contributed by atoms with van der Waals surface area (Å²) in [7, 11) is 0. The van der Waals surface area contributed by atoms with E-state index in [0.717, 1.165) is 27.4 Å². The number of ketones is 1. The fourth-order valence-corrected chi connectivity index (χ4v) is 3.60. The highest BCUT2D eigenvalue weighted by Gasteiger charge is 2.20. The van der Waals surface area contributed by atoms with Crippen molar-refractivity contribution < 1.29 is 14.3 Å². The summed E-state index contributed by atoms with van der Waals surface area (Å²) in [6.07, 6.45) is 0. The number of ether oxygens (including phenoxy) is 1. The van der Waals surface area contributed by atoms with E-state index in [1.807, 2.05) is 51.1 Å². The van der Waals surface area contributed by atoms with Crippen LogP contribution in [0.5, 0.6) is 0 Å². The van der Waals surface area contributed by atoms with Crippen LogP contribution in [0.4, 0.5) is 0 Å². The van der Waals surface area contributed by atoms with Gasteiger partial charge in [0.2, 0.25) is 0 Å². The van der Waals surface area contributed by atoms with Gasteiger partial charge < -0.3 is 4.74 Å². The predicted molar refractivity (Wildman–Crippen MR) is 119 cm³/mol. The van der Waals surface area contributed by atoms with Gasteiger partial charge in [-0.1, -0.05) is 42.5 Å². The van der Waals surface area contributed by atoms with Gasteiger partial charge in [-0.3, -0.25) is 14.3 Å². The third kappa shape index (κ3) is 3.96. The second kappa shape index (κ2) is 7.41. The van der Waals surface area contributed by atoms with Crippen LogP contribution >= 0.6 is 0 Å². The van der Waals surface area contributed by atoms with Crippen LogP contribution in [0.15, 0.2) is 60.7 Å². The van der Waals surface area contributed by atoms with Crippen LogP contribution in [-0.2, 0) is 16.1 Å². The normalized spacial score (nSPS) is 11.7. The third-order valence-electron chi connectivity index (χ3n) is 4.87. The van der Waals surface area contributed by atoms with Crippen molar-refractivity contribution in [2.75, 3.05) is 0 Å². The molecule has 0 bridgehead atoms. The SMILES string of the molecule is CC(=O)c1nn(CC(=O)OC(C)(C)C)c2ccc(-c3ccc4ccccc4c3)cc12. The van der Waals surface area contributed by atoms with Crippen LogP contribution in [0.3, 0.4) is 0 Å². The Kier molecular flexibility index (Phi) is 4.90. The summed E-state index contributed by atoms with van der Waals surface area (Å²) < 4.78 is 6.96. The van der Waals surface area contributed by atoms with Gasteiger partial charge in [0.05, 0.1) is 5.52 Å². The smallest absolute Gasteiger partial charge is 0.328 e. The van der Waals surface area contributed by atoms with Crippen molar-refractivity contribution in [2.45, 2.75) is 39.8 Å². The van der Waals surface area contributed by atoms with Gasteiger partial charge in [0.1, 0.15) is 17.8 Å². The molecule has 3 aromatic carbocycles. The van der Waals surface area contributed by atoms with E-state index in [2.05, 4.69) is 35.4 Å². The zero-order valence-corrected chi connectivity index (χ0v) is 17.6. The lowest BCUT2D eigenvalue weighted by molar-refractivity contribution is -0.155.